The molecule has 0 bridgehead atoms. The smallest absolute Gasteiger partial charge is 0.343 e. The second-order valence-corrected chi connectivity index (χ2v) is 8.01. The minimum atomic E-state index is -1.13. The molecule has 1 unspecified atom stereocenters. The van der Waals surface area contributed by atoms with Gasteiger partial charge in [0.05, 0.1) is 17.9 Å². The zero-order chi connectivity index (χ0) is 18.9. The Balaban J connectivity index is 2.08. The molecule has 1 aromatic carbocycles. The van der Waals surface area contributed by atoms with Gasteiger partial charge in [0, 0.05) is 16.5 Å². The Morgan fingerprint density at radius 2 is 2.23 bits per heavy atom. The van der Waals surface area contributed by atoms with E-state index in [2.05, 4.69) is 25.9 Å². The zero-order valence-corrected chi connectivity index (χ0v) is 17.5. The van der Waals surface area contributed by atoms with Crippen LogP contribution in [0.2, 0.25) is 5.15 Å². The highest BCUT2D eigenvalue weighted by atomic mass is 79.9. The summed E-state index contributed by atoms with van der Waals surface area (Å²) in [6, 6.07) is 5.86. The van der Waals surface area contributed by atoms with Gasteiger partial charge in [0.2, 0.25) is 0 Å². The van der Waals surface area contributed by atoms with Crippen molar-refractivity contribution in [2.24, 2.45) is 0 Å². The van der Waals surface area contributed by atoms with Crippen LogP contribution in [0.1, 0.15) is 40.5 Å². The molecule has 0 fully saturated rings. The summed E-state index contributed by atoms with van der Waals surface area (Å²) in [6.45, 7) is 1.94. The van der Waals surface area contributed by atoms with E-state index in [9.17, 15) is 9.90 Å². The van der Waals surface area contributed by atoms with E-state index < -0.39 is 11.6 Å². The van der Waals surface area contributed by atoms with E-state index in [0.29, 0.717) is 17.3 Å². The second-order valence-electron chi connectivity index (χ2n) is 6.03. The number of aliphatic hydroxyl groups is 1. The first-order valence-electron chi connectivity index (χ1n) is 8.17. The van der Waals surface area contributed by atoms with E-state index in [-0.39, 0.29) is 23.7 Å². The second kappa shape index (κ2) is 7.84. The Bertz CT molecular complexity index is 865. The molecule has 1 N–H and O–H groups in total. The Kier molecular flexibility index (Phi) is 5.91. The molecule has 0 saturated carbocycles. The van der Waals surface area contributed by atoms with Gasteiger partial charge in [-0.15, -0.1) is 0 Å². The predicted octanol–water partition coefficient (Wildman–Crippen LogP) is 4.17. The Morgan fingerprint density at radius 3 is 2.92 bits per heavy atom. The third-order valence-corrected chi connectivity index (χ3v) is 5.90. The van der Waals surface area contributed by atoms with Gasteiger partial charge in [0.25, 0.3) is 0 Å². The summed E-state index contributed by atoms with van der Waals surface area (Å²) in [6.07, 6.45) is 3.29. The number of ether oxygens (including phenoxy) is 1. The molecule has 0 saturated heterocycles. The molecule has 0 radical (unpaired) electrons. The third-order valence-electron chi connectivity index (χ3n) is 4.41. The topological polar surface area (TPSA) is 72.3 Å². The monoisotopic (exact) mass is 456 g/mol. The number of rotatable bonds is 5. The molecule has 1 aliphatic carbocycles. The molecule has 0 amide bonds. The van der Waals surface area contributed by atoms with Gasteiger partial charge in [-0.3, -0.25) is 0 Å². The molecule has 1 aromatic heterocycles. The first-order valence-corrected chi connectivity index (χ1v) is 10.6. The minimum Gasteiger partial charge on any atom is -0.462 e. The number of aryl methyl sites for hydroxylation is 1. The van der Waals surface area contributed by atoms with Crippen molar-refractivity contribution >= 4 is 45.3 Å². The molecule has 1 aliphatic rings. The number of nitrogens with zero attached hydrogens (tertiary/aromatic N) is 2. The lowest BCUT2D eigenvalue weighted by Gasteiger charge is -2.26. The number of aromatic nitrogens is 2. The van der Waals surface area contributed by atoms with Gasteiger partial charge >= 0.3 is 5.97 Å². The summed E-state index contributed by atoms with van der Waals surface area (Å²) < 4.78 is 5.96. The quantitative estimate of drug-likeness (QED) is 0.314. The fraction of sp³-hybridized carbons (Fsp3) is 0.389. The van der Waals surface area contributed by atoms with Crippen molar-refractivity contribution in [3.8, 4) is 0 Å². The van der Waals surface area contributed by atoms with Gasteiger partial charge < -0.3 is 9.84 Å². The van der Waals surface area contributed by atoms with Crippen molar-refractivity contribution in [2.75, 3.05) is 12.9 Å². The Labute approximate surface area is 169 Å². The zero-order valence-electron chi connectivity index (χ0n) is 14.4. The molecule has 0 spiro atoms. The van der Waals surface area contributed by atoms with Crippen molar-refractivity contribution in [2.45, 2.75) is 36.9 Å². The van der Waals surface area contributed by atoms with Gasteiger partial charge in [-0.2, -0.15) is 0 Å². The highest BCUT2D eigenvalue weighted by molar-refractivity contribution is 9.10. The first-order chi connectivity index (χ1) is 12.4. The highest BCUT2D eigenvalue weighted by Gasteiger charge is 2.40. The maximum atomic E-state index is 12.4. The molecule has 138 valence electrons. The van der Waals surface area contributed by atoms with Crippen LogP contribution in [0.25, 0.3) is 0 Å². The number of hydrogen-bond acceptors (Lipinski definition) is 6. The number of benzene rings is 1. The van der Waals surface area contributed by atoms with E-state index in [4.69, 9.17) is 16.3 Å². The van der Waals surface area contributed by atoms with E-state index >= 15 is 0 Å². The molecule has 5 nitrogen and oxygen atoms in total. The number of carbonyl (C=O) groups is 1. The van der Waals surface area contributed by atoms with Crippen molar-refractivity contribution < 1.29 is 14.6 Å². The molecule has 1 heterocycles. The average molecular weight is 458 g/mol. The van der Waals surface area contributed by atoms with Crippen LogP contribution in [0, 0.1) is 0 Å². The molecule has 2 aromatic rings. The van der Waals surface area contributed by atoms with Crippen molar-refractivity contribution in [1.29, 1.82) is 0 Å². The Morgan fingerprint density at radius 1 is 1.46 bits per heavy atom. The van der Waals surface area contributed by atoms with Crippen LogP contribution in [0.5, 0.6) is 0 Å². The maximum absolute atomic E-state index is 12.4. The van der Waals surface area contributed by atoms with E-state index in [0.717, 1.165) is 22.0 Å². The van der Waals surface area contributed by atoms with E-state index in [1.54, 1.807) is 6.92 Å². The molecule has 0 aliphatic heterocycles. The number of esters is 1. The highest BCUT2D eigenvalue weighted by Crippen LogP contribution is 2.43. The van der Waals surface area contributed by atoms with Crippen molar-refractivity contribution in [1.82, 2.24) is 9.97 Å². The predicted molar refractivity (Wildman–Crippen MR) is 105 cm³/mol. The van der Waals surface area contributed by atoms with Crippen LogP contribution >= 0.6 is 39.3 Å². The lowest BCUT2D eigenvalue weighted by molar-refractivity contribution is 0.0360. The van der Waals surface area contributed by atoms with Crippen LogP contribution in [-0.2, 0) is 23.2 Å². The van der Waals surface area contributed by atoms with Gasteiger partial charge in [-0.05, 0) is 37.7 Å². The summed E-state index contributed by atoms with van der Waals surface area (Å²) in [5.74, 6) is -0.575. The van der Waals surface area contributed by atoms with Crippen molar-refractivity contribution in [3.05, 3.63) is 50.2 Å². The fourth-order valence-corrected chi connectivity index (χ4v) is 4.78. The maximum Gasteiger partial charge on any atom is 0.343 e. The first kappa shape index (κ1) is 19.6. The van der Waals surface area contributed by atoms with Gasteiger partial charge in [0.15, 0.2) is 5.16 Å². The Hall–Kier alpha value is -1.15. The summed E-state index contributed by atoms with van der Waals surface area (Å²) >= 11 is 11.1. The largest absolute Gasteiger partial charge is 0.462 e. The van der Waals surface area contributed by atoms with Gasteiger partial charge in [-0.25, -0.2) is 14.8 Å². The summed E-state index contributed by atoms with van der Waals surface area (Å²) in [5.41, 5.74) is 1.32. The normalized spacial score (nSPS) is 18.7. The number of hydrogen-bond donors (Lipinski definition) is 1. The van der Waals surface area contributed by atoms with E-state index in [1.165, 1.54) is 11.8 Å². The molecule has 8 heteroatoms. The summed E-state index contributed by atoms with van der Waals surface area (Å²) in [7, 11) is 0. The SMILES string of the molecule is CCOC(=O)c1c(Cl)nc(SC)nc1CC1(O)CCc2cccc(Br)c21. The molecule has 26 heavy (non-hydrogen) atoms. The van der Waals surface area contributed by atoms with Gasteiger partial charge in [0.1, 0.15) is 10.7 Å². The van der Waals surface area contributed by atoms with Crippen LogP contribution in [0.15, 0.2) is 27.8 Å². The average Bonchev–Trinajstić information content (AvgIpc) is 2.92. The number of fused-ring (bicyclic) bond motifs is 1. The number of thioether (sulfide) groups is 1. The summed E-state index contributed by atoms with van der Waals surface area (Å²) in [4.78, 5) is 21.0. The minimum absolute atomic E-state index is 0.0479. The fourth-order valence-electron chi connectivity index (χ4n) is 3.30. The summed E-state index contributed by atoms with van der Waals surface area (Å²) in [5, 5.41) is 11.9. The molecular formula is C18H18BrClN2O3S. The van der Waals surface area contributed by atoms with Crippen LogP contribution < -0.4 is 0 Å². The number of halogens is 2. The molecule has 3 rings (SSSR count). The van der Waals surface area contributed by atoms with Crippen molar-refractivity contribution in [3.63, 3.8) is 0 Å². The van der Waals surface area contributed by atoms with Crippen LogP contribution in [0.3, 0.4) is 0 Å². The van der Waals surface area contributed by atoms with Crippen LogP contribution in [-0.4, -0.2) is 33.9 Å². The van der Waals surface area contributed by atoms with E-state index in [1.807, 2.05) is 24.5 Å². The molecular weight excluding hydrogens is 440 g/mol. The molecule has 1 atom stereocenters. The third kappa shape index (κ3) is 3.63. The van der Waals surface area contributed by atoms with Crippen LogP contribution in [0.4, 0.5) is 0 Å². The lowest BCUT2D eigenvalue weighted by Crippen LogP contribution is -2.28. The van der Waals surface area contributed by atoms with Gasteiger partial charge in [-0.1, -0.05) is 51.4 Å². The number of carbonyl (C=O) groups excluding carboxylic acids is 1. The lowest BCUT2D eigenvalue weighted by atomic mass is 9.89. The standard InChI is InChI=1S/C18H18BrClN2O3S/c1-3-25-16(23)13-12(21-17(26-2)22-15(13)20)9-18(24)8-7-10-5-4-6-11(19)14(10)18/h4-6,24H,3,7-9H2,1-2H3.